The van der Waals surface area contributed by atoms with Crippen LogP contribution in [0.2, 0.25) is 0 Å². The van der Waals surface area contributed by atoms with Gasteiger partial charge in [-0.2, -0.15) is 26.3 Å². The van der Waals surface area contributed by atoms with Gasteiger partial charge in [0.15, 0.2) is 11.2 Å². The third-order valence-electron chi connectivity index (χ3n) is 7.32. The number of nitrogens with one attached hydrogen (secondary N) is 1. The summed E-state index contributed by atoms with van der Waals surface area (Å²) in [6, 6.07) is 15.9. The van der Waals surface area contributed by atoms with E-state index < -0.39 is 58.4 Å². The van der Waals surface area contributed by atoms with Crippen molar-refractivity contribution in [1.29, 1.82) is 0 Å². The van der Waals surface area contributed by atoms with E-state index in [4.69, 9.17) is 4.42 Å². The van der Waals surface area contributed by atoms with Gasteiger partial charge >= 0.3 is 12.4 Å². The van der Waals surface area contributed by atoms with Gasteiger partial charge in [0.25, 0.3) is 11.8 Å². The van der Waals surface area contributed by atoms with Gasteiger partial charge in [-0.3, -0.25) is 14.4 Å². The molecule has 1 fully saturated rings. The zero-order chi connectivity index (χ0) is 30.9. The Hall–Kier alpha value is -4.61. The Morgan fingerprint density at radius 3 is 2.14 bits per heavy atom. The third-order valence-corrected chi connectivity index (χ3v) is 7.32. The van der Waals surface area contributed by atoms with Crippen molar-refractivity contribution in [2.75, 3.05) is 6.54 Å². The van der Waals surface area contributed by atoms with Gasteiger partial charge in [0.2, 0.25) is 0 Å². The molecule has 0 spiro atoms. The van der Waals surface area contributed by atoms with Gasteiger partial charge < -0.3 is 14.6 Å². The molecule has 4 aromatic rings. The van der Waals surface area contributed by atoms with E-state index in [-0.39, 0.29) is 43.2 Å². The lowest BCUT2D eigenvalue weighted by molar-refractivity contribution is -0.143. The average molecular weight is 603 g/mol. The Balaban J connectivity index is 1.42. The van der Waals surface area contributed by atoms with Crippen LogP contribution in [0.3, 0.4) is 0 Å². The summed E-state index contributed by atoms with van der Waals surface area (Å²) in [7, 11) is 0. The number of hydrogen-bond acceptors (Lipinski definition) is 4. The van der Waals surface area contributed by atoms with Crippen molar-refractivity contribution in [3.63, 3.8) is 0 Å². The van der Waals surface area contributed by atoms with E-state index in [2.05, 4.69) is 5.32 Å². The molecule has 2 unspecified atom stereocenters. The Labute approximate surface area is 240 Å². The van der Waals surface area contributed by atoms with E-state index in [1.807, 2.05) is 0 Å². The molecule has 6 nitrogen and oxygen atoms in total. The Morgan fingerprint density at radius 1 is 0.860 bits per heavy atom. The maximum absolute atomic E-state index is 13.5. The van der Waals surface area contributed by atoms with Gasteiger partial charge in [-0.05, 0) is 55.2 Å². The van der Waals surface area contributed by atoms with Gasteiger partial charge in [0, 0.05) is 30.3 Å². The normalized spacial score (nSPS) is 17.6. The molecule has 12 heteroatoms. The summed E-state index contributed by atoms with van der Waals surface area (Å²) in [6.07, 6.45) is -9.67. The summed E-state index contributed by atoms with van der Waals surface area (Å²) in [5.41, 5.74) is -3.30. The Kier molecular flexibility index (Phi) is 8.04. The van der Waals surface area contributed by atoms with E-state index in [1.54, 1.807) is 54.6 Å². The summed E-state index contributed by atoms with van der Waals surface area (Å²) in [5, 5.41) is 3.10. The first-order valence-corrected chi connectivity index (χ1v) is 13.3. The zero-order valence-corrected chi connectivity index (χ0v) is 22.3. The van der Waals surface area contributed by atoms with Crippen LogP contribution in [-0.2, 0) is 18.8 Å². The molecule has 3 aromatic carbocycles. The molecule has 0 radical (unpaired) electrons. The van der Waals surface area contributed by atoms with Crippen LogP contribution < -0.4 is 10.7 Å². The number of para-hydroxylation sites is 1. The second kappa shape index (κ2) is 11.6. The monoisotopic (exact) mass is 602 g/mol. The van der Waals surface area contributed by atoms with E-state index >= 15 is 0 Å². The van der Waals surface area contributed by atoms with Crippen molar-refractivity contribution in [2.24, 2.45) is 0 Å². The van der Waals surface area contributed by atoms with Crippen LogP contribution in [-0.4, -0.2) is 35.3 Å². The zero-order valence-electron chi connectivity index (χ0n) is 22.3. The fourth-order valence-corrected chi connectivity index (χ4v) is 5.25. The summed E-state index contributed by atoms with van der Waals surface area (Å²) in [5.74, 6) is -1.87. The number of halogens is 6. The molecule has 0 aliphatic carbocycles. The number of benzene rings is 3. The number of likely N-dealkylation sites (tertiary alicyclic amines) is 1. The number of piperidine rings is 1. The summed E-state index contributed by atoms with van der Waals surface area (Å²) < 4.78 is 86.4. The molecule has 1 aliphatic heterocycles. The molecule has 2 atom stereocenters. The summed E-state index contributed by atoms with van der Waals surface area (Å²) in [4.78, 5) is 40.3. The van der Waals surface area contributed by atoms with Crippen molar-refractivity contribution in [3.8, 4) is 0 Å². The maximum atomic E-state index is 13.5. The van der Waals surface area contributed by atoms with Gasteiger partial charge in [-0.25, -0.2) is 0 Å². The van der Waals surface area contributed by atoms with Crippen molar-refractivity contribution in [3.05, 3.63) is 117 Å². The molecule has 2 heterocycles. The van der Waals surface area contributed by atoms with Crippen molar-refractivity contribution >= 4 is 22.8 Å². The molecule has 1 saturated heterocycles. The lowest BCUT2D eigenvalue weighted by Crippen LogP contribution is -2.52. The highest BCUT2D eigenvalue weighted by molar-refractivity contribution is 5.95. The van der Waals surface area contributed by atoms with Crippen LogP contribution in [0.1, 0.15) is 50.4 Å². The van der Waals surface area contributed by atoms with E-state index in [9.17, 15) is 40.7 Å². The number of rotatable bonds is 5. The first kappa shape index (κ1) is 29.9. The number of nitrogens with zero attached hydrogens (tertiary/aromatic N) is 1. The number of amides is 2. The summed E-state index contributed by atoms with van der Waals surface area (Å²) >= 11 is 0. The van der Waals surface area contributed by atoms with Crippen LogP contribution >= 0.6 is 0 Å². The Bertz CT molecular complexity index is 1680. The topological polar surface area (TPSA) is 79.6 Å². The highest BCUT2D eigenvalue weighted by Gasteiger charge is 2.39. The van der Waals surface area contributed by atoms with Crippen LogP contribution in [0.5, 0.6) is 0 Å². The first-order chi connectivity index (χ1) is 20.3. The SMILES string of the molecule is O=C(NC1CCN(C(=O)c2cc(C(F)(F)F)cc(C(F)(F)F)c2)C(Cc2ccccc2)C1)c1cc(=O)c2ccccc2o1. The number of carbonyl (C=O) groups excluding carboxylic acids is 2. The standard InChI is InChI=1S/C31H24F6N2O4/c32-30(33,34)20-13-19(14-21(15-20)31(35,36)37)29(42)39-11-10-22(16-23(39)12-18-6-2-1-3-7-18)38-28(41)27-17-25(40)24-8-4-5-9-26(24)43-27/h1-9,13-15,17,22-23H,10-12,16H2,(H,38,41). The predicted molar refractivity (Wildman–Crippen MR) is 144 cm³/mol. The highest BCUT2D eigenvalue weighted by Crippen LogP contribution is 2.37. The third kappa shape index (κ3) is 6.73. The van der Waals surface area contributed by atoms with Gasteiger partial charge in [-0.15, -0.1) is 0 Å². The van der Waals surface area contributed by atoms with Gasteiger partial charge in [0.05, 0.1) is 16.5 Å². The lowest BCUT2D eigenvalue weighted by atomic mass is 9.91. The highest BCUT2D eigenvalue weighted by atomic mass is 19.4. The number of fused-ring (bicyclic) bond motifs is 1. The van der Waals surface area contributed by atoms with Crippen molar-refractivity contribution in [2.45, 2.75) is 43.7 Å². The number of carbonyl (C=O) groups is 2. The average Bonchev–Trinajstić information content (AvgIpc) is 2.96. The molecule has 1 aromatic heterocycles. The fraction of sp³-hybridized carbons (Fsp3) is 0.258. The molecule has 2 amide bonds. The van der Waals surface area contributed by atoms with Gasteiger partial charge in [0.1, 0.15) is 5.58 Å². The quantitative estimate of drug-likeness (QED) is 0.266. The largest absolute Gasteiger partial charge is 0.451 e. The molecule has 0 saturated carbocycles. The number of alkyl halides is 6. The van der Waals surface area contributed by atoms with E-state index in [1.165, 1.54) is 4.90 Å². The lowest BCUT2D eigenvalue weighted by Gasteiger charge is -2.40. The predicted octanol–water partition coefficient (Wildman–Crippen LogP) is 6.48. The molecule has 0 bridgehead atoms. The van der Waals surface area contributed by atoms with E-state index in [0.717, 1.165) is 11.6 Å². The molecular formula is C31H24F6N2O4. The smallest absolute Gasteiger partial charge is 0.416 e. The minimum absolute atomic E-state index is 0.0227. The second-order valence-corrected chi connectivity index (χ2v) is 10.3. The van der Waals surface area contributed by atoms with Crippen LogP contribution in [0.15, 0.2) is 88.1 Å². The van der Waals surface area contributed by atoms with Crippen molar-refractivity contribution in [1.82, 2.24) is 10.2 Å². The van der Waals surface area contributed by atoms with Crippen LogP contribution in [0.25, 0.3) is 11.0 Å². The van der Waals surface area contributed by atoms with E-state index in [0.29, 0.717) is 17.5 Å². The molecular weight excluding hydrogens is 578 g/mol. The van der Waals surface area contributed by atoms with Crippen molar-refractivity contribution < 1.29 is 40.3 Å². The molecule has 1 aliphatic rings. The second-order valence-electron chi connectivity index (χ2n) is 10.3. The molecule has 5 rings (SSSR count). The fourth-order valence-electron chi connectivity index (χ4n) is 5.25. The molecule has 224 valence electrons. The molecule has 43 heavy (non-hydrogen) atoms. The Morgan fingerprint density at radius 2 is 1.49 bits per heavy atom. The van der Waals surface area contributed by atoms with Crippen LogP contribution in [0, 0.1) is 0 Å². The summed E-state index contributed by atoms with van der Waals surface area (Å²) in [6.45, 7) is -0.0550. The van der Waals surface area contributed by atoms with Crippen LogP contribution in [0.4, 0.5) is 26.3 Å². The maximum Gasteiger partial charge on any atom is 0.416 e. The minimum atomic E-state index is -5.10. The number of hydrogen-bond donors (Lipinski definition) is 1. The van der Waals surface area contributed by atoms with Gasteiger partial charge in [-0.1, -0.05) is 42.5 Å². The minimum Gasteiger partial charge on any atom is -0.451 e. The molecule has 1 N–H and O–H groups in total. The first-order valence-electron chi connectivity index (χ1n) is 13.3.